The first-order chi connectivity index (χ1) is 7.70. The summed E-state index contributed by atoms with van der Waals surface area (Å²) in [4.78, 5) is 2.23. The van der Waals surface area contributed by atoms with E-state index in [0.29, 0.717) is 10.5 Å². The Balaban J connectivity index is 2.05. The summed E-state index contributed by atoms with van der Waals surface area (Å²) in [6.07, 6.45) is 1.13. The van der Waals surface area contributed by atoms with Gasteiger partial charge in [0, 0.05) is 24.8 Å². The second-order valence-corrected chi connectivity index (χ2v) is 4.94. The lowest BCUT2D eigenvalue weighted by molar-refractivity contribution is 0.571. The van der Waals surface area contributed by atoms with Gasteiger partial charge in [0.15, 0.2) is 0 Å². The minimum absolute atomic E-state index is 0.190. The topological polar surface area (TPSA) is 15.3 Å². The van der Waals surface area contributed by atoms with Gasteiger partial charge in [-0.05, 0) is 47.1 Å². The molecule has 0 amide bonds. The summed E-state index contributed by atoms with van der Waals surface area (Å²) >= 11 is 3.17. The molecule has 1 aliphatic rings. The molecule has 1 aromatic carbocycles. The van der Waals surface area contributed by atoms with Crippen LogP contribution in [0.4, 0.5) is 10.1 Å². The van der Waals surface area contributed by atoms with E-state index < -0.39 is 0 Å². The normalized spacial score (nSPS) is 20.4. The smallest absolute Gasteiger partial charge is 0.139 e. The Hall–Kier alpha value is -0.610. The van der Waals surface area contributed by atoms with Crippen LogP contribution in [0.1, 0.15) is 13.3 Å². The van der Waals surface area contributed by atoms with E-state index in [0.717, 1.165) is 31.7 Å². The molecule has 2 nitrogen and oxygen atoms in total. The fourth-order valence-electron chi connectivity index (χ4n) is 2.13. The summed E-state index contributed by atoms with van der Waals surface area (Å²) < 4.78 is 13.9. The molecule has 1 unspecified atom stereocenters. The van der Waals surface area contributed by atoms with Crippen LogP contribution in [0.3, 0.4) is 0 Å². The van der Waals surface area contributed by atoms with Crippen LogP contribution in [0, 0.1) is 5.82 Å². The van der Waals surface area contributed by atoms with Gasteiger partial charge in [-0.25, -0.2) is 4.39 Å². The van der Waals surface area contributed by atoms with E-state index in [2.05, 4.69) is 33.1 Å². The molecule has 1 atom stereocenters. The Kier molecular flexibility index (Phi) is 3.82. The molecule has 1 heterocycles. The van der Waals surface area contributed by atoms with Crippen LogP contribution in [0.5, 0.6) is 0 Å². The number of halogens is 2. The van der Waals surface area contributed by atoms with Crippen molar-refractivity contribution in [2.45, 2.75) is 19.4 Å². The maximum atomic E-state index is 13.4. The molecule has 16 heavy (non-hydrogen) atoms. The average Bonchev–Trinajstić information content (AvgIpc) is 2.71. The molecule has 0 bridgehead atoms. The summed E-state index contributed by atoms with van der Waals surface area (Å²) in [5.41, 5.74) is 0.973. The monoisotopic (exact) mass is 286 g/mol. The standard InChI is InChI=1S/C12H16BrFN2/c1-2-15-9-5-6-16(8-9)10-3-4-11(13)12(14)7-10/h3-4,7,9,15H,2,5-6,8H2,1H3. The molecule has 0 radical (unpaired) electrons. The van der Waals surface area contributed by atoms with Crippen molar-refractivity contribution in [2.75, 3.05) is 24.5 Å². The first kappa shape index (κ1) is 11.9. The third kappa shape index (κ3) is 2.55. The zero-order valence-electron chi connectivity index (χ0n) is 9.34. The number of nitrogens with one attached hydrogen (secondary N) is 1. The number of rotatable bonds is 3. The predicted octanol–water partition coefficient (Wildman–Crippen LogP) is 2.78. The number of anilines is 1. The van der Waals surface area contributed by atoms with Crippen molar-refractivity contribution >= 4 is 21.6 Å². The molecule has 2 rings (SSSR count). The van der Waals surface area contributed by atoms with Crippen LogP contribution in [-0.4, -0.2) is 25.7 Å². The van der Waals surface area contributed by atoms with E-state index in [4.69, 9.17) is 0 Å². The third-order valence-electron chi connectivity index (χ3n) is 2.95. The van der Waals surface area contributed by atoms with Gasteiger partial charge >= 0.3 is 0 Å². The first-order valence-electron chi connectivity index (χ1n) is 5.64. The molecule has 1 aliphatic heterocycles. The summed E-state index contributed by atoms with van der Waals surface area (Å²) in [7, 11) is 0. The second kappa shape index (κ2) is 5.15. The molecule has 1 fully saturated rings. The highest BCUT2D eigenvalue weighted by Gasteiger charge is 2.22. The molecule has 0 aliphatic carbocycles. The fraction of sp³-hybridized carbons (Fsp3) is 0.500. The lowest BCUT2D eigenvalue weighted by atomic mass is 10.2. The average molecular weight is 287 g/mol. The zero-order chi connectivity index (χ0) is 11.5. The predicted molar refractivity (Wildman–Crippen MR) is 68.4 cm³/mol. The highest BCUT2D eigenvalue weighted by atomic mass is 79.9. The Morgan fingerprint density at radius 1 is 1.56 bits per heavy atom. The minimum atomic E-state index is -0.190. The summed E-state index contributed by atoms with van der Waals surface area (Å²) in [6.45, 7) is 5.07. The molecule has 4 heteroatoms. The summed E-state index contributed by atoms with van der Waals surface area (Å²) in [5, 5.41) is 3.43. The number of likely N-dealkylation sites (N-methyl/N-ethyl adjacent to an activating group) is 1. The Bertz CT molecular complexity index is 370. The molecular weight excluding hydrogens is 271 g/mol. The lowest BCUT2D eigenvalue weighted by Gasteiger charge is -2.19. The summed E-state index contributed by atoms with van der Waals surface area (Å²) in [6, 6.07) is 5.86. The SMILES string of the molecule is CCNC1CCN(c2ccc(Br)c(F)c2)C1. The molecule has 1 N–H and O–H groups in total. The van der Waals surface area contributed by atoms with E-state index in [9.17, 15) is 4.39 Å². The van der Waals surface area contributed by atoms with Gasteiger partial charge < -0.3 is 10.2 Å². The maximum absolute atomic E-state index is 13.4. The van der Waals surface area contributed by atoms with Gasteiger partial charge in [-0.2, -0.15) is 0 Å². The van der Waals surface area contributed by atoms with Gasteiger partial charge in [0.25, 0.3) is 0 Å². The number of nitrogens with zero attached hydrogens (tertiary/aromatic N) is 1. The van der Waals surface area contributed by atoms with Gasteiger partial charge in [-0.3, -0.25) is 0 Å². The second-order valence-electron chi connectivity index (χ2n) is 4.09. The van der Waals surface area contributed by atoms with Crippen molar-refractivity contribution in [3.8, 4) is 0 Å². The van der Waals surface area contributed by atoms with Crippen LogP contribution in [0.2, 0.25) is 0 Å². The summed E-state index contributed by atoms with van der Waals surface area (Å²) in [5.74, 6) is -0.190. The Morgan fingerprint density at radius 3 is 3.06 bits per heavy atom. The van der Waals surface area contributed by atoms with Gasteiger partial charge in [0.2, 0.25) is 0 Å². The van der Waals surface area contributed by atoms with Crippen molar-refractivity contribution in [1.29, 1.82) is 0 Å². The van der Waals surface area contributed by atoms with Crippen LogP contribution < -0.4 is 10.2 Å². The molecule has 0 aromatic heterocycles. The molecule has 1 aromatic rings. The molecule has 0 saturated carbocycles. The molecule has 88 valence electrons. The van der Waals surface area contributed by atoms with Crippen LogP contribution in [0.25, 0.3) is 0 Å². The van der Waals surface area contributed by atoms with E-state index in [1.165, 1.54) is 0 Å². The van der Waals surface area contributed by atoms with E-state index in [-0.39, 0.29) is 5.82 Å². The molecule has 1 saturated heterocycles. The van der Waals surface area contributed by atoms with E-state index >= 15 is 0 Å². The highest BCUT2D eigenvalue weighted by molar-refractivity contribution is 9.10. The van der Waals surface area contributed by atoms with Crippen LogP contribution in [0.15, 0.2) is 22.7 Å². The number of hydrogen-bond donors (Lipinski definition) is 1. The van der Waals surface area contributed by atoms with Crippen molar-refractivity contribution in [3.63, 3.8) is 0 Å². The quantitative estimate of drug-likeness (QED) is 0.919. The first-order valence-corrected chi connectivity index (χ1v) is 6.43. The third-order valence-corrected chi connectivity index (χ3v) is 3.59. The number of hydrogen-bond acceptors (Lipinski definition) is 2. The lowest BCUT2D eigenvalue weighted by Crippen LogP contribution is -2.32. The van der Waals surface area contributed by atoms with Crippen molar-refractivity contribution in [2.24, 2.45) is 0 Å². The van der Waals surface area contributed by atoms with Gasteiger partial charge in [-0.1, -0.05) is 6.92 Å². The van der Waals surface area contributed by atoms with E-state index in [1.807, 2.05) is 6.07 Å². The van der Waals surface area contributed by atoms with E-state index in [1.54, 1.807) is 12.1 Å². The zero-order valence-corrected chi connectivity index (χ0v) is 10.9. The minimum Gasteiger partial charge on any atom is -0.370 e. The van der Waals surface area contributed by atoms with Crippen molar-refractivity contribution in [1.82, 2.24) is 5.32 Å². The molecular formula is C12H16BrFN2. The number of benzene rings is 1. The maximum Gasteiger partial charge on any atom is 0.139 e. The fourth-order valence-corrected chi connectivity index (χ4v) is 2.38. The van der Waals surface area contributed by atoms with Crippen LogP contribution in [-0.2, 0) is 0 Å². The van der Waals surface area contributed by atoms with Crippen LogP contribution >= 0.6 is 15.9 Å². The largest absolute Gasteiger partial charge is 0.370 e. The van der Waals surface area contributed by atoms with Crippen molar-refractivity contribution in [3.05, 3.63) is 28.5 Å². The van der Waals surface area contributed by atoms with Gasteiger partial charge in [-0.15, -0.1) is 0 Å². The van der Waals surface area contributed by atoms with Gasteiger partial charge in [0.1, 0.15) is 5.82 Å². The Labute approximate surface area is 104 Å². The molecule has 0 spiro atoms. The highest BCUT2D eigenvalue weighted by Crippen LogP contribution is 2.25. The Morgan fingerprint density at radius 2 is 2.38 bits per heavy atom. The van der Waals surface area contributed by atoms with Gasteiger partial charge in [0.05, 0.1) is 4.47 Å². The van der Waals surface area contributed by atoms with Crippen molar-refractivity contribution < 1.29 is 4.39 Å².